The number of nitrogens with one attached hydrogen (secondary N) is 2. The first kappa shape index (κ1) is 32.1. The van der Waals surface area contributed by atoms with Crippen LogP contribution in [0.25, 0.3) is 0 Å². The number of aromatic amines is 1. The van der Waals surface area contributed by atoms with Crippen LogP contribution < -0.4 is 20.9 Å². The third-order valence-electron chi connectivity index (χ3n) is 5.23. The second-order valence-corrected chi connectivity index (χ2v) is 10.4. The molecule has 0 saturated heterocycles. The van der Waals surface area contributed by atoms with E-state index in [1.54, 1.807) is 32.0 Å². The summed E-state index contributed by atoms with van der Waals surface area (Å²) < 4.78 is 50.8. The molecule has 0 radical (unpaired) electrons. The predicted molar refractivity (Wildman–Crippen MR) is 138 cm³/mol. The van der Waals surface area contributed by atoms with Gasteiger partial charge in [0.1, 0.15) is 18.4 Å². The van der Waals surface area contributed by atoms with Gasteiger partial charge in [0.25, 0.3) is 11.4 Å². The van der Waals surface area contributed by atoms with Crippen LogP contribution in [0.5, 0.6) is 5.75 Å². The quantitative estimate of drug-likeness (QED) is 0.146. The van der Waals surface area contributed by atoms with Gasteiger partial charge in [-0.2, -0.15) is 5.09 Å². The van der Waals surface area contributed by atoms with Crippen LogP contribution in [0, 0.1) is 0 Å². The number of methoxy groups -OCH3 is 1. The highest BCUT2D eigenvalue weighted by atomic mass is 31.2. The molecule has 0 fully saturated rings. The minimum atomic E-state index is -4.60. The van der Waals surface area contributed by atoms with Crippen LogP contribution in [0.15, 0.2) is 64.3 Å². The fraction of sp³-hybridized carbons (Fsp3) is 0.458. The smallest absolute Gasteiger partial charge is 0.459 e. The van der Waals surface area contributed by atoms with Gasteiger partial charge in [-0.3, -0.25) is 23.7 Å². The van der Waals surface area contributed by atoms with E-state index in [0.29, 0.717) is 4.57 Å². The van der Waals surface area contributed by atoms with Crippen LogP contribution in [-0.2, 0) is 29.1 Å². The van der Waals surface area contributed by atoms with Crippen molar-refractivity contribution in [3.8, 4) is 5.75 Å². The first-order chi connectivity index (χ1) is 18.2. The number of para-hydroxylation sites is 1. The molecule has 216 valence electrons. The second-order valence-electron chi connectivity index (χ2n) is 8.67. The fourth-order valence-corrected chi connectivity index (χ4v) is 4.83. The first-order valence-electron chi connectivity index (χ1n) is 11.8. The average Bonchev–Trinajstić information content (AvgIpc) is 2.87. The Hall–Kier alpha value is -3.13. The SMILES string of the molecule is CC=C[C@@](O)([C@H](O)[C@@](F)(COP(=O)(NC(C)C(=O)OC(C)C)Oc1ccccc1)OC)n1ccc(=O)[nH]c1=O. The van der Waals surface area contributed by atoms with Crippen molar-refractivity contribution in [2.75, 3.05) is 13.7 Å². The van der Waals surface area contributed by atoms with Gasteiger partial charge in [0.05, 0.1) is 6.10 Å². The summed E-state index contributed by atoms with van der Waals surface area (Å²) in [5.74, 6) is -4.10. The Bertz CT molecular complexity index is 1300. The van der Waals surface area contributed by atoms with Gasteiger partial charge in [-0.1, -0.05) is 24.3 Å². The maximum Gasteiger partial charge on any atom is 0.459 e. The van der Waals surface area contributed by atoms with E-state index in [-0.39, 0.29) is 5.75 Å². The summed E-state index contributed by atoms with van der Waals surface area (Å²) in [4.78, 5) is 38.0. The Morgan fingerprint density at radius 3 is 2.41 bits per heavy atom. The van der Waals surface area contributed by atoms with Crippen LogP contribution in [0.4, 0.5) is 4.39 Å². The Kier molecular flexibility index (Phi) is 10.9. The van der Waals surface area contributed by atoms with Gasteiger partial charge in [0.2, 0.25) is 0 Å². The number of carbonyl (C=O) groups is 1. The highest BCUT2D eigenvalue weighted by molar-refractivity contribution is 7.52. The number of nitrogens with zero attached hydrogens (tertiary/aromatic N) is 1. The van der Waals surface area contributed by atoms with Gasteiger partial charge in [0, 0.05) is 19.4 Å². The van der Waals surface area contributed by atoms with Crippen molar-refractivity contribution >= 4 is 13.7 Å². The van der Waals surface area contributed by atoms with Gasteiger partial charge in [-0.05, 0) is 45.9 Å². The Balaban J connectivity index is 2.43. The van der Waals surface area contributed by atoms with Crippen molar-refractivity contribution in [1.29, 1.82) is 0 Å². The molecule has 1 heterocycles. The van der Waals surface area contributed by atoms with Crippen molar-refractivity contribution in [1.82, 2.24) is 14.6 Å². The number of allylic oxidation sites excluding steroid dienone is 1. The molecule has 0 aliphatic carbocycles. The number of aliphatic hydroxyl groups excluding tert-OH is 1. The van der Waals surface area contributed by atoms with E-state index in [4.69, 9.17) is 18.5 Å². The zero-order valence-corrected chi connectivity index (χ0v) is 23.0. The van der Waals surface area contributed by atoms with E-state index in [9.17, 15) is 29.2 Å². The molecule has 0 aliphatic heterocycles. The second kappa shape index (κ2) is 13.3. The van der Waals surface area contributed by atoms with Crippen molar-refractivity contribution in [3.63, 3.8) is 0 Å². The zero-order valence-electron chi connectivity index (χ0n) is 22.1. The number of halogens is 1. The molecule has 39 heavy (non-hydrogen) atoms. The molecule has 13 nitrogen and oxygen atoms in total. The number of hydrogen-bond acceptors (Lipinski definition) is 10. The molecule has 1 aromatic carbocycles. The number of carbonyl (C=O) groups excluding carboxylic acids is 1. The van der Waals surface area contributed by atoms with Crippen molar-refractivity contribution in [2.45, 2.75) is 57.5 Å². The molecular formula is C24H33FN3O10P. The van der Waals surface area contributed by atoms with E-state index < -0.39 is 61.4 Å². The van der Waals surface area contributed by atoms with Gasteiger partial charge in [-0.15, -0.1) is 0 Å². The highest BCUT2D eigenvalue weighted by Crippen LogP contribution is 2.46. The fourth-order valence-electron chi connectivity index (χ4n) is 3.32. The maximum absolute atomic E-state index is 16.1. The Morgan fingerprint density at radius 2 is 1.87 bits per heavy atom. The number of aromatic nitrogens is 2. The lowest BCUT2D eigenvalue weighted by Gasteiger charge is -2.39. The third-order valence-corrected chi connectivity index (χ3v) is 6.85. The summed E-state index contributed by atoms with van der Waals surface area (Å²) in [5.41, 5.74) is -4.78. The summed E-state index contributed by atoms with van der Waals surface area (Å²) in [7, 11) is -3.77. The third kappa shape index (κ3) is 8.18. The summed E-state index contributed by atoms with van der Waals surface area (Å²) in [5, 5.41) is 24.5. The molecule has 0 amide bonds. The van der Waals surface area contributed by atoms with Gasteiger partial charge < -0.3 is 24.2 Å². The molecule has 2 aromatic rings. The highest BCUT2D eigenvalue weighted by Gasteiger charge is 2.53. The van der Waals surface area contributed by atoms with Crippen LogP contribution in [0.3, 0.4) is 0 Å². The molecule has 0 aliphatic rings. The molecule has 1 aromatic heterocycles. The normalized spacial score (nSPS) is 18.1. The van der Waals surface area contributed by atoms with Gasteiger partial charge >= 0.3 is 19.4 Å². The molecule has 0 saturated carbocycles. The molecule has 0 spiro atoms. The maximum atomic E-state index is 16.1. The number of alkyl halides is 1. The number of esters is 1. The number of H-pyrrole nitrogens is 1. The molecule has 15 heteroatoms. The molecule has 5 atom stereocenters. The Morgan fingerprint density at radius 1 is 1.23 bits per heavy atom. The summed E-state index contributed by atoms with van der Waals surface area (Å²) in [6, 6.07) is 7.26. The lowest BCUT2D eigenvalue weighted by molar-refractivity contribution is -0.264. The summed E-state index contributed by atoms with van der Waals surface area (Å²) in [6.45, 7) is 4.62. The van der Waals surface area contributed by atoms with Crippen LogP contribution in [0.2, 0.25) is 0 Å². The van der Waals surface area contributed by atoms with E-state index >= 15 is 4.39 Å². The zero-order chi connectivity index (χ0) is 29.4. The number of rotatable bonds is 14. The number of ether oxygens (including phenoxy) is 2. The molecule has 2 unspecified atom stereocenters. The number of aliphatic hydroxyl groups is 2. The van der Waals surface area contributed by atoms with E-state index in [1.807, 2.05) is 4.98 Å². The molecule has 0 bridgehead atoms. The van der Waals surface area contributed by atoms with Crippen LogP contribution in [0.1, 0.15) is 27.7 Å². The van der Waals surface area contributed by atoms with E-state index in [2.05, 4.69) is 5.09 Å². The minimum absolute atomic E-state index is 0.0328. The van der Waals surface area contributed by atoms with Gasteiger partial charge in [-0.25, -0.2) is 13.8 Å². The average molecular weight is 574 g/mol. The predicted octanol–water partition coefficient (Wildman–Crippen LogP) is 1.56. The van der Waals surface area contributed by atoms with Crippen LogP contribution >= 0.6 is 7.75 Å². The monoisotopic (exact) mass is 573 g/mol. The first-order valence-corrected chi connectivity index (χ1v) is 13.3. The molecule has 2 rings (SSSR count). The lowest BCUT2D eigenvalue weighted by atomic mass is 9.98. The summed E-state index contributed by atoms with van der Waals surface area (Å²) >= 11 is 0. The van der Waals surface area contributed by atoms with E-state index in [0.717, 1.165) is 25.4 Å². The summed E-state index contributed by atoms with van der Waals surface area (Å²) in [6.07, 6.45) is -0.144. The standard InChI is InChI=1S/C24H33FN3O10P/c1-6-13-24(33,28-14-12-19(29)26-22(28)32)21(31)23(25,35-5)15-36-39(34,38-18-10-8-7-9-11-18)27-17(4)20(30)37-16(2)3/h6-14,16-17,21,31,33H,15H2,1-5H3,(H,27,34)(H,26,29,32)/t17?,21-,23-,24-,39?/m1/s1. The van der Waals surface area contributed by atoms with Gasteiger partial charge in [0.15, 0.2) is 11.8 Å². The Labute approximate surface area is 223 Å². The number of benzene rings is 1. The lowest BCUT2D eigenvalue weighted by Crippen LogP contribution is -2.60. The minimum Gasteiger partial charge on any atom is -0.462 e. The number of hydrogen-bond donors (Lipinski definition) is 4. The molecule has 4 N–H and O–H groups in total. The van der Waals surface area contributed by atoms with Crippen molar-refractivity contribution in [2.24, 2.45) is 0 Å². The molecular weight excluding hydrogens is 540 g/mol. The topological polar surface area (TPSA) is 178 Å². The van der Waals surface area contributed by atoms with Crippen molar-refractivity contribution < 1.29 is 42.5 Å². The van der Waals surface area contributed by atoms with Crippen molar-refractivity contribution in [3.05, 3.63) is 75.6 Å². The van der Waals surface area contributed by atoms with Crippen LogP contribution in [-0.4, -0.2) is 63.6 Å². The largest absolute Gasteiger partial charge is 0.462 e. The van der Waals surface area contributed by atoms with E-state index in [1.165, 1.54) is 32.1 Å².